The minimum atomic E-state index is -0.0793. The lowest BCUT2D eigenvalue weighted by atomic mass is 10.2. The van der Waals surface area contributed by atoms with Gasteiger partial charge in [-0.2, -0.15) is 0 Å². The molecule has 1 aliphatic heterocycles. The lowest BCUT2D eigenvalue weighted by Gasteiger charge is -2.29. The fraction of sp³-hybridized carbons (Fsp3) is 0.417. The Morgan fingerprint density at radius 3 is 2.91 bits per heavy atom. The van der Waals surface area contributed by atoms with Gasteiger partial charge in [0.1, 0.15) is 5.75 Å². The number of unbranched alkanes of at least 4 members (excludes halogenated alkanes) is 1. The highest BCUT2D eigenvalue weighted by molar-refractivity contribution is 7.22. The number of benzene rings is 2. The molecule has 0 bridgehead atoms. The van der Waals surface area contributed by atoms with Crippen LogP contribution in [0.4, 0.5) is 5.13 Å². The molecule has 0 saturated carbocycles. The van der Waals surface area contributed by atoms with E-state index in [1.54, 1.807) is 4.90 Å². The second-order valence-electron chi connectivity index (χ2n) is 7.75. The molecule has 0 radical (unpaired) electrons. The molecule has 0 N–H and O–H groups in total. The van der Waals surface area contributed by atoms with Gasteiger partial charge in [-0.05, 0) is 42.8 Å². The highest BCUT2D eigenvalue weighted by atomic mass is 35.5. The van der Waals surface area contributed by atoms with E-state index in [0.29, 0.717) is 34.6 Å². The average Bonchev–Trinajstić information content (AvgIpc) is 3.23. The van der Waals surface area contributed by atoms with Gasteiger partial charge in [0.05, 0.1) is 30.0 Å². The third kappa shape index (κ3) is 5.78. The van der Waals surface area contributed by atoms with Crippen molar-refractivity contribution in [3.63, 3.8) is 0 Å². The van der Waals surface area contributed by atoms with Gasteiger partial charge >= 0.3 is 0 Å². The van der Waals surface area contributed by atoms with Crippen molar-refractivity contribution in [2.24, 2.45) is 0 Å². The molecule has 0 atom stereocenters. The Morgan fingerprint density at radius 1 is 1.25 bits per heavy atom. The second kappa shape index (κ2) is 11.1. The van der Waals surface area contributed by atoms with Crippen LogP contribution in [0.1, 0.15) is 30.1 Å². The van der Waals surface area contributed by atoms with E-state index in [1.807, 2.05) is 42.5 Å². The van der Waals surface area contributed by atoms with Gasteiger partial charge in [0, 0.05) is 36.8 Å². The highest BCUT2D eigenvalue weighted by Crippen LogP contribution is 2.32. The standard InChI is InChI=1S/C24H28ClN3O3S/c1-2-3-13-31-20-6-4-5-18(16-20)23(29)28(10-9-27-11-14-30-15-12-27)24-26-21-8-7-19(25)17-22(21)32-24/h4-8,16-17H,2-3,9-15H2,1H3. The molecule has 1 saturated heterocycles. The number of amides is 1. The third-order valence-electron chi connectivity index (χ3n) is 5.41. The molecule has 1 aliphatic rings. The zero-order valence-corrected chi connectivity index (χ0v) is 19.8. The summed E-state index contributed by atoms with van der Waals surface area (Å²) in [5.41, 5.74) is 1.44. The minimum Gasteiger partial charge on any atom is -0.494 e. The Bertz CT molecular complexity index is 1050. The average molecular weight is 474 g/mol. The molecular weight excluding hydrogens is 446 g/mol. The van der Waals surface area contributed by atoms with Gasteiger partial charge < -0.3 is 9.47 Å². The normalized spacial score (nSPS) is 14.6. The minimum absolute atomic E-state index is 0.0793. The smallest absolute Gasteiger partial charge is 0.260 e. The van der Waals surface area contributed by atoms with Gasteiger partial charge in [0.2, 0.25) is 0 Å². The molecule has 0 spiro atoms. The van der Waals surface area contributed by atoms with Crippen LogP contribution in [0.3, 0.4) is 0 Å². The SMILES string of the molecule is CCCCOc1cccc(C(=O)N(CCN2CCOCC2)c2nc3ccc(Cl)cc3s2)c1. The van der Waals surface area contributed by atoms with Crippen molar-refractivity contribution in [2.45, 2.75) is 19.8 Å². The maximum atomic E-state index is 13.6. The number of morpholine rings is 1. The van der Waals surface area contributed by atoms with E-state index in [0.717, 1.165) is 55.9 Å². The number of carbonyl (C=O) groups excluding carboxylic acids is 1. The molecule has 6 nitrogen and oxygen atoms in total. The third-order valence-corrected chi connectivity index (χ3v) is 6.68. The maximum Gasteiger partial charge on any atom is 0.260 e. The number of halogens is 1. The van der Waals surface area contributed by atoms with Crippen molar-refractivity contribution in [3.8, 4) is 5.75 Å². The number of rotatable bonds is 9. The van der Waals surface area contributed by atoms with Gasteiger partial charge in [0.25, 0.3) is 5.91 Å². The highest BCUT2D eigenvalue weighted by Gasteiger charge is 2.23. The summed E-state index contributed by atoms with van der Waals surface area (Å²) in [5, 5.41) is 1.34. The van der Waals surface area contributed by atoms with E-state index in [1.165, 1.54) is 11.3 Å². The van der Waals surface area contributed by atoms with Crippen LogP contribution in [0.15, 0.2) is 42.5 Å². The first-order valence-corrected chi connectivity index (χ1v) is 12.2. The van der Waals surface area contributed by atoms with E-state index in [4.69, 9.17) is 26.1 Å². The number of fused-ring (bicyclic) bond motifs is 1. The van der Waals surface area contributed by atoms with Crippen molar-refractivity contribution in [2.75, 3.05) is 50.9 Å². The van der Waals surface area contributed by atoms with E-state index < -0.39 is 0 Å². The molecule has 2 heterocycles. The Balaban J connectivity index is 1.58. The molecule has 4 rings (SSSR count). The monoisotopic (exact) mass is 473 g/mol. The molecule has 0 unspecified atom stereocenters. The van der Waals surface area contributed by atoms with Gasteiger partial charge in [-0.1, -0.05) is 42.3 Å². The summed E-state index contributed by atoms with van der Waals surface area (Å²) in [6.07, 6.45) is 2.05. The first-order chi connectivity index (χ1) is 15.6. The number of ether oxygens (including phenoxy) is 2. The van der Waals surface area contributed by atoms with Crippen molar-refractivity contribution in [1.29, 1.82) is 0 Å². The van der Waals surface area contributed by atoms with Crippen LogP contribution < -0.4 is 9.64 Å². The summed E-state index contributed by atoms with van der Waals surface area (Å²) in [7, 11) is 0. The van der Waals surface area contributed by atoms with E-state index >= 15 is 0 Å². The number of hydrogen-bond donors (Lipinski definition) is 0. The summed E-state index contributed by atoms with van der Waals surface area (Å²) in [6, 6.07) is 13.0. The van der Waals surface area contributed by atoms with E-state index in [2.05, 4.69) is 11.8 Å². The molecule has 2 aromatic carbocycles. The molecule has 8 heteroatoms. The Morgan fingerprint density at radius 2 is 2.09 bits per heavy atom. The van der Waals surface area contributed by atoms with Crippen LogP contribution in [0.25, 0.3) is 10.2 Å². The molecule has 32 heavy (non-hydrogen) atoms. The molecule has 1 aromatic heterocycles. The van der Waals surface area contributed by atoms with Crippen LogP contribution >= 0.6 is 22.9 Å². The summed E-state index contributed by atoms with van der Waals surface area (Å²) in [5.74, 6) is 0.637. The quantitative estimate of drug-likeness (QED) is 0.404. The predicted molar refractivity (Wildman–Crippen MR) is 130 cm³/mol. The van der Waals surface area contributed by atoms with Crippen LogP contribution in [0, 0.1) is 0 Å². The predicted octanol–water partition coefficient (Wildman–Crippen LogP) is 5.11. The fourth-order valence-electron chi connectivity index (χ4n) is 3.56. The fourth-order valence-corrected chi connectivity index (χ4v) is 4.83. The number of aromatic nitrogens is 1. The van der Waals surface area contributed by atoms with E-state index in [9.17, 15) is 4.79 Å². The molecule has 1 fully saturated rings. The lowest BCUT2D eigenvalue weighted by Crippen LogP contribution is -2.43. The zero-order chi connectivity index (χ0) is 22.3. The Labute approximate surface area is 197 Å². The summed E-state index contributed by atoms with van der Waals surface area (Å²) in [6.45, 7) is 7.28. The van der Waals surface area contributed by atoms with Crippen LogP contribution in [0.2, 0.25) is 5.02 Å². The number of thiazole rings is 1. The van der Waals surface area contributed by atoms with Crippen LogP contribution in [-0.2, 0) is 4.74 Å². The van der Waals surface area contributed by atoms with Crippen LogP contribution in [-0.4, -0.2) is 61.8 Å². The molecule has 3 aromatic rings. The topological polar surface area (TPSA) is 54.9 Å². The first-order valence-electron chi connectivity index (χ1n) is 11.0. The molecule has 1 amide bonds. The van der Waals surface area contributed by atoms with Crippen molar-refractivity contribution >= 4 is 44.2 Å². The number of carbonyl (C=O) groups is 1. The molecule has 170 valence electrons. The van der Waals surface area contributed by atoms with Gasteiger partial charge in [0.15, 0.2) is 5.13 Å². The van der Waals surface area contributed by atoms with Crippen molar-refractivity contribution in [1.82, 2.24) is 9.88 Å². The second-order valence-corrected chi connectivity index (χ2v) is 9.19. The van der Waals surface area contributed by atoms with Crippen molar-refractivity contribution in [3.05, 3.63) is 53.1 Å². The number of hydrogen-bond acceptors (Lipinski definition) is 6. The van der Waals surface area contributed by atoms with Gasteiger partial charge in [-0.15, -0.1) is 0 Å². The van der Waals surface area contributed by atoms with Crippen molar-refractivity contribution < 1.29 is 14.3 Å². The maximum absolute atomic E-state index is 13.6. The zero-order valence-electron chi connectivity index (χ0n) is 18.3. The van der Waals surface area contributed by atoms with E-state index in [-0.39, 0.29) is 5.91 Å². The largest absolute Gasteiger partial charge is 0.494 e. The Hall–Kier alpha value is -2.19. The summed E-state index contributed by atoms with van der Waals surface area (Å²) >= 11 is 7.65. The number of nitrogens with zero attached hydrogens (tertiary/aromatic N) is 3. The first kappa shape index (κ1) is 23.0. The van der Waals surface area contributed by atoms with Gasteiger partial charge in [-0.3, -0.25) is 14.6 Å². The Kier molecular flexibility index (Phi) is 7.97. The summed E-state index contributed by atoms with van der Waals surface area (Å²) < 4.78 is 12.2. The lowest BCUT2D eigenvalue weighted by molar-refractivity contribution is 0.0391. The number of anilines is 1. The van der Waals surface area contributed by atoms with Gasteiger partial charge in [-0.25, -0.2) is 4.98 Å². The summed E-state index contributed by atoms with van der Waals surface area (Å²) in [4.78, 5) is 22.4. The van der Waals surface area contributed by atoms with Crippen LogP contribution in [0.5, 0.6) is 5.75 Å². The molecular formula is C24H28ClN3O3S. The molecule has 0 aliphatic carbocycles.